The number of esters is 1. The number of carbonyl (C=O) groups excluding carboxylic acids is 2. The first-order valence-corrected chi connectivity index (χ1v) is 12.4. The lowest BCUT2D eigenvalue weighted by molar-refractivity contribution is -0.152. The zero-order valence-corrected chi connectivity index (χ0v) is 21.3. The number of nitrogens with one attached hydrogen (secondary N) is 2. The Hall–Kier alpha value is -2.83. The molecule has 1 amide bonds. The molecule has 0 radical (unpaired) electrons. The van der Waals surface area contributed by atoms with Gasteiger partial charge in [0.25, 0.3) is 0 Å². The van der Waals surface area contributed by atoms with Crippen LogP contribution in [-0.4, -0.2) is 30.1 Å². The third-order valence-corrected chi connectivity index (χ3v) is 7.28. The second-order valence-corrected chi connectivity index (χ2v) is 10.7. The van der Waals surface area contributed by atoms with Gasteiger partial charge in [0.1, 0.15) is 17.0 Å². The Bertz CT molecular complexity index is 1130. The molecular formula is C28H33ClN2O4. The van der Waals surface area contributed by atoms with Gasteiger partial charge in [-0.3, -0.25) is 4.79 Å². The molecule has 1 aliphatic heterocycles. The average molecular weight is 497 g/mol. The van der Waals surface area contributed by atoms with Crippen molar-refractivity contribution in [3.63, 3.8) is 0 Å². The number of benzene rings is 2. The Morgan fingerprint density at radius 3 is 2.69 bits per heavy atom. The van der Waals surface area contributed by atoms with Crippen LogP contribution >= 0.6 is 11.6 Å². The topological polar surface area (TPSA) is 76.7 Å². The van der Waals surface area contributed by atoms with E-state index in [-0.39, 0.29) is 23.2 Å². The zero-order valence-electron chi connectivity index (χ0n) is 20.5. The van der Waals surface area contributed by atoms with Crippen molar-refractivity contribution in [3.8, 4) is 11.5 Å². The summed E-state index contributed by atoms with van der Waals surface area (Å²) in [6.07, 6.45) is 3.60. The molecule has 35 heavy (non-hydrogen) atoms. The van der Waals surface area contributed by atoms with Crippen molar-refractivity contribution in [1.82, 2.24) is 10.6 Å². The van der Waals surface area contributed by atoms with Gasteiger partial charge in [0.2, 0.25) is 5.91 Å². The summed E-state index contributed by atoms with van der Waals surface area (Å²) in [6, 6.07) is 12.6. The van der Waals surface area contributed by atoms with Crippen LogP contribution in [0.5, 0.6) is 11.5 Å². The summed E-state index contributed by atoms with van der Waals surface area (Å²) in [6.45, 7) is 10.9. The normalized spacial score (nSPS) is 23.1. The Morgan fingerprint density at radius 1 is 1.23 bits per heavy atom. The summed E-state index contributed by atoms with van der Waals surface area (Å²) < 4.78 is 11.6. The van der Waals surface area contributed by atoms with Crippen LogP contribution in [0.3, 0.4) is 0 Å². The van der Waals surface area contributed by atoms with Crippen LogP contribution in [0, 0.1) is 11.3 Å². The van der Waals surface area contributed by atoms with Crippen molar-refractivity contribution in [3.05, 3.63) is 71.3 Å². The first-order chi connectivity index (χ1) is 16.7. The Labute approximate surface area is 212 Å². The summed E-state index contributed by atoms with van der Waals surface area (Å²) >= 11 is 6.06. The molecule has 6 nitrogen and oxygen atoms in total. The maximum Gasteiger partial charge on any atom is 0.332 e. The van der Waals surface area contributed by atoms with E-state index in [2.05, 4.69) is 38.0 Å². The summed E-state index contributed by atoms with van der Waals surface area (Å²) in [5.41, 5.74) is 1.00. The van der Waals surface area contributed by atoms with Crippen molar-refractivity contribution in [2.75, 3.05) is 6.61 Å². The lowest BCUT2D eigenvalue weighted by atomic mass is 9.92. The van der Waals surface area contributed by atoms with Gasteiger partial charge in [0.15, 0.2) is 0 Å². The highest BCUT2D eigenvalue weighted by molar-refractivity contribution is 6.30. The van der Waals surface area contributed by atoms with Crippen LogP contribution in [0.25, 0.3) is 0 Å². The second-order valence-electron chi connectivity index (χ2n) is 10.2. The molecule has 1 saturated carbocycles. The molecule has 1 fully saturated rings. The lowest BCUT2D eigenvalue weighted by Gasteiger charge is -2.28. The third kappa shape index (κ3) is 5.71. The van der Waals surface area contributed by atoms with E-state index in [9.17, 15) is 9.59 Å². The van der Waals surface area contributed by atoms with Crippen LogP contribution in [0.4, 0.5) is 0 Å². The van der Waals surface area contributed by atoms with Gasteiger partial charge in [-0.05, 0) is 66.1 Å². The molecule has 2 aliphatic rings. The molecule has 2 aromatic carbocycles. The van der Waals surface area contributed by atoms with Crippen molar-refractivity contribution in [2.45, 2.75) is 58.2 Å². The van der Waals surface area contributed by atoms with Gasteiger partial charge in [-0.1, -0.05) is 50.6 Å². The summed E-state index contributed by atoms with van der Waals surface area (Å²) in [5, 5.41) is 6.88. The predicted octanol–water partition coefficient (Wildman–Crippen LogP) is 5.19. The fourth-order valence-corrected chi connectivity index (χ4v) is 4.39. The monoisotopic (exact) mass is 496 g/mol. The second kappa shape index (κ2) is 10.0. The number of carbonyl (C=O) groups is 2. The Kier molecular flexibility index (Phi) is 7.25. The van der Waals surface area contributed by atoms with Gasteiger partial charge in [-0.2, -0.15) is 0 Å². The van der Waals surface area contributed by atoms with E-state index in [0.29, 0.717) is 42.5 Å². The molecule has 0 bridgehead atoms. The van der Waals surface area contributed by atoms with E-state index in [1.54, 1.807) is 18.2 Å². The smallest absolute Gasteiger partial charge is 0.332 e. The van der Waals surface area contributed by atoms with Gasteiger partial charge in [0.05, 0.1) is 12.6 Å². The van der Waals surface area contributed by atoms with E-state index in [4.69, 9.17) is 21.1 Å². The molecule has 0 aromatic heterocycles. The third-order valence-electron chi connectivity index (χ3n) is 7.05. The van der Waals surface area contributed by atoms with Crippen molar-refractivity contribution in [1.29, 1.82) is 0 Å². The fraction of sp³-hybridized carbons (Fsp3) is 0.429. The van der Waals surface area contributed by atoms with Crippen molar-refractivity contribution >= 4 is 23.5 Å². The number of hydrogen-bond acceptors (Lipinski definition) is 5. The molecule has 0 spiro atoms. The van der Waals surface area contributed by atoms with Crippen molar-refractivity contribution < 1.29 is 19.1 Å². The maximum atomic E-state index is 13.2. The number of hydrogen-bond donors (Lipinski definition) is 2. The highest BCUT2D eigenvalue weighted by Gasteiger charge is 2.61. The molecule has 1 heterocycles. The number of fused-ring (bicyclic) bond motifs is 1. The van der Waals surface area contributed by atoms with Gasteiger partial charge in [-0.25, -0.2) is 4.79 Å². The molecule has 2 aromatic rings. The number of amides is 1. The summed E-state index contributed by atoms with van der Waals surface area (Å²) in [7, 11) is 0. The van der Waals surface area contributed by atoms with Crippen LogP contribution in [0.1, 0.15) is 44.7 Å². The molecule has 0 saturated heterocycles. The standard InChI is InChI=1S/C28H33ClN2O4/c1-5-20-15-28(20,26(33)34-17-27(3,4)6-2)31-25(32)24-13-19-12-23(11-10-18(19)16-30-24)35-22-9-7-8-21(29)14-22/h5,7-12,14,20,24,30H,1,6,13,15-17H2,2-4H3,(H,31,32). The summed E-state index contributed by atoms with van der Waals surface area (Å²) in [4.78, 5) is 26.2. The molecular weight excluding hydrogens is 464 g/mol. The predicted molar refractivity (Wildman–Crippen MR) is 137 cm³/mol. The minimum Gasteiger partial charge on any atom is -0.463 e. The molecule has 3 atom stereocenters. The highest BCUT2D eigenvalue weighted by Crippen LogP contribution is 2.46. The van der Waals surface area contributed by atoms with Gasteiger partial charge >= 0.3 is 5.97 Å². The Balaban J connectivity index is 1.42. The van der Waals surface area contributed by atoms with Crippen LogP contribution in [-0.2, 0) is 27.3 Å². The summed E-state index contributed by atoms with van der Waals surface area (Å²) in [5.74, 6) is 0.604. The quantitative estimate of drug-likeness (QED) is 0.369. The van der Waals surface area contributed by atoms with E-state index < -0.39 is 11.6 Å². The number of ether oxygens (including phenoxy) is 2. The van der Waals surface area contributed by atoms with E-state index in [1.807, 2.05) is 30.3 Å². The fourth-order valence-electron chi connectivity index (χ4n) is 4.21. The van der Waals surface area contributed by atoms with Crippen molar-refractivity contribution in [2.24, 2.45) is 11.3 Å². The maximum absolute atomic E-state index is 13.2. The largest absolute Gasteiger partial charge is 0.463 e. The minimum absolute atomic E-state index is 0.112. The first kappa shape index (κ1) is 25.3. The van der Waals surface area contributed by atoms with Gasteiger partial charge < -0.3 is 20.1 Å². The Morgan fingerprint density at radius 2 is 2.00 bits per heavy atom. The van der Waals surface area contributed by atoms with E-state index in [1.165, 1.54) is 0 Å². The van der Waals surface area contributed by atoms with Crippen LogP contribution in [0.15, 0.2) is 55.1 Å². The van der Waals surface area contributed by atoms with Gasteiger partial charge in [0, 0.05) is 17.5 Å². The lowest BCUT2D eigenvalue weighted by Crippen LogP contribution is -2.54. The number of halogens is 1. The molecule has 1 aliphatic carbocycles. The molecule has 186 valence electrons. The van der Waals surface area contributed by atoms with Gasteiger partial charge in [-0.15, -0.1) is 6.58 Å². The van der Waals surface area contributed by atoms with Crippen LogP contribution in [0.2, 0.25) is 5.02 Å². The zero-order chi connectivity index (χ0) is 25.2. The molecule has 4 rings (SSSR count). The first-order valence-electron chi connectivity index (χ1n) is 12.1. The van der Waals surface area contributed by atoms with E-state index in [0.717, 1.165) is 17.5 Å². The van der Waals surface area contributed by atoms with Crippen LogP contribution < -0.4 is 15.4 Å². The molecule has 2 N–H and O–H groups in total. The SMILES string of the molecule is C=CC1CC1(NC(=O)C1Cc2cc(Oc3cccc(Cl)c3)ccc2CN1)C(=O)OCC(C)(C)CC. The highest BCUT2D eigenvalue weighted by atomic mass is 35.5. The molecule has 3 unspecified atom stereocenters. The number of rotatable bonds is 9. The average Bonchev–Trinajstić information content (AvgIpc) is 3.56. The minimum atomic E-state index is -1.03. The molecule has 7 heteroatoms. The van der Waals surface area contributed by atoms with E-state index >= 15 is 0 Å².